The molecule has 2 aromatic rings. The lowest BCUT2D eigenvalue weighted by Gasteiger charge is -2.09. The predicted octanol–water partition coefficient (Wildman–Crippen LogP) is 3.98. The Balaban J connectivity index is 1.50. The average Bonchev–Trinajstić information content (AvgIpc) is 2.76. The summed E-state index contributed by atoms with van der Waals surface area (Å²) in [6, 6.07) is 17.7. The number of hydrogen-bond donors (Lipinski definition) is 1. The van der Waals surface area contributed by atoms with E-state index in [9.17, 15) is 4.79 Å². The van der Waals surface area contributed by atoms with E-state index in [-0.39, 0.29) is 6.09 Å². The van der Waals surface area contributed by atoms with Gasteiger partial charge in [0.25, 0.3) is 0 Å². The molecule has 6 heteroatoms. The van der Waals surface area contributed by atoms with Gasteiger partial charge in [0.1, 0.15) is 19.0 Å². The molecule has 2 rings (SSSR count). The van der Waals surface area contributed by atoms with Crippen LogP contribution < -0.4 is 10.1 Å². The van der Waals surface area contributed by atoms with Crippen LogP contribution in [-0.4, -0.2) is 46.2 Å². The number of rotatable bonds is 14. The maximum Gasteiger partial charge on any atom is 0.407 e. The fraction of sp³-hybridized carbons (Fsp3) is 0.435. The number of benzene rings is 2. The minimum atomic E-state index is -0.374. The molecule has 29 heavy (non-hydrogen) atoms. The Morgan fingerprint density at radius 2 is 1.62 bits per heavy atom. The zero-order valence-corrected chi connectivity index (χ0v) is 17.1. The molecule has 0 saturated carbocycles. The summed E-state index contributed by atoms with van der Waals surface area (Å²) in [5.74, 6) is 0.840. The third-order valence-corrected chi connectivity index (χ3v) is 4.23. The summed E-state index contributed by atoms with van der Waals surface area (Å²) >= 11 is 0. The Labute approximate surface area is 173 Å². The van der Waals surface area contributed by atoms with Crippen LogP contribution >= 0.6 is 0 Å². The molecule has 6 nitrogen and oxygen atoms in total. The van der Waals surface area contributed by atoms with Gasteiger partial charge in [-0.2, -0.15) is 0 Å². The summed E-state index contributed by atoms with van der Waals surface area (Å²) in [7, 11) is 1.65. The number of carbonyl (C=O) groups excluding carboxylic acids is 1. The van der Waals surface area contributed by atoms with Gasteiger partial charge in [0.05, 0.1) is 19.8 Å². The SMILES string of the molecule is COCCOCCOc1ccc(CCCCNC(=O)OCc2ccccc2)cc1. The highest BCUT2D eigenvalue weighted by Gasteiger charge is 2.02. The lowest BCUT2D eigenvalue weighted by molar-refractivity contribution is 0.0544. The number of hydrogen-bond acceptors (Lipinski definition) is 5. The number of alkyl carbamates (subject to hydrolysis) is 1. The summed E-state index contributed by atoms with van der Waals surface area (Å²) in [6.07, 6.45) is 2.48. The molecule has 0 aromatic heterocycles. The second kappa shape index (κ2) is 14.4. The zero-order chi connectivity index (χ0) is 20.6. The molecule has 2 aromatic carbocycles. The van der Waals surface area contributed by atoms with E-state index in [1.54, 1.807) is 7.11 Å². The fourth-order valence-corrected chi connectivity index (χ4v) is 2.63. The van der Waals surface area contributed by atoms with Crippen molar-refractivity contribution in [2.75, 3.05) is 40.1 Å². The van der Waals surface area contributed by atoms with E-state index in [0.29, 0.717) is 39.6 Å². The fourth-order valence-electron chi connectivity index (χ4n) is 2.63. The number of ether oxygens (including phenoxy) is 4. The first kappa shape index (κ1) is 22.7. The molecule has 0 bridgehead atoms. The average molecular weight is 402 g/mol. The smallest absolute Gasteiger partial charge is 0.407 e. The Bertz CT molecular complexity index is 675. The first-order chi connectivity index (χ1) is 14.3. The van der Waals surface area contributed by atoms with Gasteiger partial charge in [-0.15, -0.1) is 0 Å². The zero-order valence-electron chi connectivity index (χ0n) is 17.1. The topological polar surface area (TPSA) is 66.0 Å². The van der Waals surface area contributed by atoms with E-state index in [4.69, 9.17) is 18.9 Å². The Kier molecular flexibility index (Phi) is 11.3. The van der Waals surface area contributed by atoms with Gasteiger partial charge in [0.15, 0.2) is 0 Å². The first-order valence-corrected chi connectivity index (χ1v) is 10.0. The van der Waals surface area contributed by atoms with E-state index in [2.05, 4.69) is 17.4 Å². The molecule has 0 atom stereocenters. The van der Waals surface area contributed by atoms with Crippen LogP contribution in [0.25, 0.3) is 0 Å². The molecule has 0 aliphatic heterocycles. The first-order valence-electron chi connectivity index (χ1n) is 10.0. The van der Waals surface area contributed by atoms with E-state index in [1.165, 1.54) is 5.56 Å². The van der Waals surface area contributed by atoms with Crippen LogP contribution in [0.5, 0.6) is 5.75 Å². The quantitative estimate of drug-likeness (QED) is 0.485. The third kappa shape index (κ3) is 10.5. The van der Waals surface area contributed by atoms with Crippen LogP contribution in [0.1, 0.15) is 24.0 Å². The van der Waals surface area contributed by atoms with Crippen LogP contribution in [-0.2, 0) is 27.2 Å². The van der Waals surface area contributed by atoms with Crippen LogP contribution in [0.4, 0.5) is 4.79 Å². The van der Waals surface area contributed by atoms with Crippen LogP contribution in [0.3, 0.4) is 0 Å². The largest absolute Gasteiger partial charge is 0.491 e. The number of carbonyl (C=O) groups is 1. The van der Waals surface area contributed by atoms with Gasteiger partial charge < -0.3 is 24.3 Å². The lowest BCUT2D eigenvalue weighted by atomic mass is 10.1. The van der Waals surface area contributed by atoms with Crippen molar-refractivity contribution >= 4 is 6.09 Å². The third-order valence-electron chi connectivity index (χ3n) is 4.23. The predicted molar refractivity (Wildman–Crippen MR) is 112 cm³/mol. The number of unbranched alkanes of at least 4 members (excludes halogenated alkanes) is 1. The standard InChI is InChI=1S/C23H31NO5/c1-26-15-16-27-17-18-28-22-12-10-20(11-13-22)7-5-6-14-24-23(25)29-19-21-8-3-2-4-9-21/h2-4,8-13H,5-7,14-19H2,1H3,(H,24,25). The van der Waals surface area contributed by atoms with Gasteiger partial charge in [0, 0.05) is 13.7 Å². The number of aryl methyl sites for hydroxylation is 1. The normalized spacial score (nSPS) is 10.5. The van der Waals surface area contributed by atoms with Crippen LogP contribution in [0.15, 0.2) is 54.6 Å². The summed E-state index contributed by atoms with van der Waals surface area (Å²) in [5.41, 5.74) is 2.23. The van der Waals surface area contributed by atoms with Crippen molar-refractivity contribution in [2.24, 2.45) is 0 Å². The highest BCUT2D eigenvalue weighted by atomic mass is 16.5. The van der Waals surface area contributed by atoms with Crippen molar-refractivity contribution in [2.45, 2.75) is 25.9 Å². The molecule has 0 radical (unpaired) electrons. The van der Waals surface area contributed by atoms with Crippen molar-refractivity contribution < 1.29 is 23.7 Å². The minimum absolute atomic E-state index is 0.292. The molecule has 0 unspecified atom stereocenters. The number of amides is 1. The van der Waals surface area contributed by atoms with Crippen LogP contribution in [0.2, 0.25) is 0 Å². The lowest BCUT2D eigenvalue weighted by Crippen LogP contribution is -2.25. The van der Waals surface area contributed by atoms with Crippen molar-refractivity contribution in [1.82, 2.24) is 5.32 Å². The number of methoxy groups -OCH3 is 1. The maximum atomic E-state index is 11.7. The molecule has 0 saturated heterocycles. The van der Waals surface area contributed by atoms with E-state index < -0.39 is 0 Å². The van der Waals surface area contributed by atoms with E-state index in [0.717, 1.165) is 30.6 Å². The van der Waals surface area contributed by atoms with E-state index >= 15 is 0 Å². The maximum absolute atomic E-state index is 11.7. The van der Waals surface area contributed by atoms with Gasteiger partial charge in [-0.1, -0.05) is 42.5 Å². The Morgan fingerprint density at radius 1 is 0.862 bits per heavy atom. The van der Waals surface area contributed by atoms with Crippen molar-refractivity contribution in [1.29, 1.82) is 0 Å². The number of nitrogens with one attached hydrogen (secondary N) is 1. The van der Waals surface area contributed by atoms with E-state index in [1.807, 2.05) is 42.5 Å². The summed E-state index contributed by atoms with van der Waals surface area (Å²) < 4.78 is 21.1. The molecule has 158 valence electrons. The Hall–Kier alpha value is -2.57. The van der Waals surface area contributed by atoms with Crippen molar-refractivity contribution in [3.05, 3.63) is 65.7 Å². The molecule has 0 heterocycles. The van der Waals surface area contributed by atoms with Gasteiger partial charge in [-0.3, -0.25) is 0 Å². The van der Waals surface area contributed by atoms with Gasteiger partial charge in [-0.25, -0.2) is 4.79 Å². The minimum Gasteiger partial charge on any atom is -0.491 e. The van der Waals surface area contributed by atoms with Gasteiger partial charge in [-0.05, 0) is 42.5 Å². The molecule has 1 N–H and O–H groups in total. The second-order valence-electron chi connectivity index (χ2n) is 6.54. The van der Waals surface area contributed by atoms with Crippen molar-refractivity contribution in [3.8, 4) is 5.75 Å². The summed E-state index contributed by atoms with van der Waals surface area (Å²) in [6.45, 7) is 3.15. The molecular formula is C23H31NO5. The highest BCUT2D eigenvalue weighted by molar-refractivity contribution is 5.67. The van der Waals surface area contributed by atoms with Gasteiger partial charge >= 0.3 is 6.09 Å². The second-order valence-corrected chi connectivity index (χ2v) is 6.54. The molecule has 0 fully saturated rings. The van der Waals surface area contributed by atoms with Gasteiger partial charge in [0.2, 0.25) is 0 Å². The molecule has 1 amide bonds. The monoisotopic (exact) mass is 401 g/mol. The van der Waals surface area contributed by atoms with Crippen LogP contribution in [0, 0.1) is 0 Å². The molecule has 0 aliphatic carbocycles. The molecule has 0 spiro atoms. The van der Waals surface area contributed by atoms with Crippen molar-refractivity contribution in [3.63, 3.8) is 0 Å². The molecular weight excluding hydrogens is 370 g/mol. The summed E-state index contributed by atoms with van der Waals surface area (Å²) in [4.78, 5) is 11.7. The molecule has 0 aliphatic rings. The Morgan fingerprint density at radius 3 is 2.38 bits per heavy atom. The highest BCUT2D eigenvalue weighted by Crippen LogP contribution is 2.13. The summed E-state index contributed by atoms with van der Waals surface area (Å²) in [5, 5.41) is 2.79.